The number of hydrogen-bond donors (Lipinski definition) is 1. The van der Waals surface area contributed by atoms with Gasteiger partial charge in [-0.15, -0.1) is 0 Å². The van der Waals surface area contributed by atoms with Crippen LogP contribution in [0.5, 0.6) is 0 Å². The van der Waals surface area contributed by atoms with Crippen molar-refractivity contribution < 1.29 is 0 Å². The predicted octanol–water partition coefficient (Wildman–Crippen LogP) is 3.64. The Morgan fingerprint density at radius 1 is 1.32 bits per heavy atom. The van der Waals surface area contributed by atoms with Crippen LogP contribution in [0.15, 0.2) is 41.3 Å². The van der Waals surface area contributed by atoms with Crippen molar-refractivity contribution in [3.05, 3.63) is 58.1 Å². The average molecular weight is 320 g/mol. The highest BCUT2D eigenvalue weighted by Crippen LogP contribution is 2.27. The number of hydrogen-bond acceptors (Lipinski definition) is 3. The van der Waals surface area contributed by atoms with E-state index in [9.17, 15) is 0 Å². The number of nitrogens with one attached hydrogen (secondary N) is 1. The number of aryl methyl sites for hydroxylation is 1. The molecule has 2 aromatic rings. The zero-order valence-electron chi connectivity index (χ0n) is 11.2. The van der Waals surface area contributed by atoms with Gasteiger partial charge in [0.05, 0.1) is 11.7 Å². The van der Waals surface area contributed by atoms with Crippen molar-refractivity contribution in [1.29, 1.82) is 0 Å². The lowest BCUT2D eigenvalue weighted by Crippen LogP contribution is -2.25. The molecule has 1 atom stereocenters. The lowest BCUT2D eigenvalue weighted by atomic mass is 10.0. The Hall–Kier alpha value is -1.26. The minimum absolute atomic E-state index is 0.0734. The van der Waals surface area contributed by atoms with Crippen molar-refractivity contribution in [3.63, 3.8) is 0 Å². The maximum absolute atomic E-state index is 4.51. The molecule has 0 fully saturated rings. The number of nitrogens with zero attached hydrogens (tertiary/aromatic N) is 2. The Morgan fingerprint density at radius 3 is 2.84 bits per heavy atom. The van der Waals surface area contributed by atoms with Gasteiger partial charge in [-0.25, -0.2) is 0 Å². The first-order chi connectivity index (χ1) is 9.24. The molecule has 100 valence electrons. The van der Waals surface area contributed by atoms with Crippen LogP contribution >= 0.6 is 15.9 Å². The second-order valence-electron chi connectivity index (χ2n) is 4.49. The van der Waals surface area contributed by atoms with E-state index < -0.39 is 0 Å². The fraction of sp³-hybridized carbons (Fsp3) is 0.333. The van der Waals surface area contributed by atoms with Gasteiger partial charge in [0.25, 0.3) is 0 Å². The molecule has 0 saturated carbocycles. The molecule has 3 nitrogen and oxygen atoms in total. The second kappa shape index (κ2) is 6.78. The highest BCUT2D eigenvalue weighted by molar-refractivity contribution is 9.10. The van der Waals surface area contributed by atoms with E-state index in [1.54, 1.807) is 0 Å². The first-order valence-electron chi connectivity index (χ1n) is 6.48. The molecule has 4 heteroatoms. The molecule has 2 aromatic heterocycles. The monoisotopic (exact) mass is 319 g/mol. The average Bonchev–Trinajstić information content (AvgIpc) is 2.42. The van der Waals surface area contributed by atoms with Gasteiger partial charge in [0.1, 0.15) is 0 Å². The Labute approximate surface area is 122 Å². The number of pyridine rings is 2. The summed E-state index contributed by atoms with van der Waals surface area (Å²) >= 11 is 3.59. The zero-order valence-corrected chi connectivity index (χ0v) is 12.8. The van der Waals surface area contributed by atoms with Crippen LogP contribution in [-0.2, 0) is 0 Å². The highest BCUT2D eigenvalue weighted by Gasteiger charge is 2.19. The maximum atomic E-state index is 4.51. The fourth-order valence-electron chi connectivity index (χ4n) is 2.03. The summed E-state index contributed by atoms with van der Waals surface area (Å²) in [5.74, 6) is 0. The smallest absolute Gasteiger partial charge is 0.0780 e. The third kappa shape index (κ3) is 3.39. The van der Waals surface area contributed by atoms with Crippen molar-refractivity contribution in [2.24, 2.45) is 0 Å². The SMILES string of the molecule is CCCNC(c1cnccc1C)c1ncccc1Br. The second-order valence-corrected chi connectivity index (χ2v) is 5.34. The molecule has 0 aromatic carbocycles. The Balaban J connectivity index is 2.42. The van der Waals surface area contributed by atoms with E-state index in [1.165, 1.54) is 11.1 Å². The molecule has 0 aliphatic heterocycles. The van der Waals surface area contributed by atoms with Gasteiger partial charge in [-0.2, -0.15) is 0 Å². The molecule has 0 spiro atoms. The van der Waals surface area contributed by atoms with E-state index in [0.29, 0.717) is 0 Å². The summed E-state index contributed by atoms with van der Waals surface area (Å²) in [4.78, 5) is 8.76. The van der Waals surface area contributed by atoms with Crippen molar-refractivity contribution in [3.8, 4) is 0 Å². The van der Waals surface area contributed by atoms with Crippen LogP contribution in [0.4, 0.5) is 0 Å². The van der Waals surface area contributed by atoms with E-state index in [2.05, 4.69) is 45.1 Å². The van der Waals surface area contributed by atoms with Crippen LogP contribution in [0.25, 0.3) is 0 Å². The maximum Gasteiger partial charge on any atom is 0.0780 e. The molecule has 0 radical (unpaired) electrons. The van der Waals surface area contributed by atoms with Crippen molar-refractivity contribution in [2.75, 3.05) is 6.54 Å². The highest BCUT2D eigenvalue weighted by atomic mass is 79.9. The number of aromatic nitrogens is 2. The van der Waals surface area contributed by atoms with Crippen LogP contribution in [0.2, 0.25) is 0 Å². The summed E-state index contributed by atoms with van der Waals surface area (Å²) in [6.07, 6.45) is 6.65. The van der Waals surface area contributed by atoms with Gasteiger partial charge < -0.3 is 5.32 Å². The summed E-state index contributed by atoms with van der Waals surface area (Å²) in [7, 11) is 0. The van der Waals surface area contributed by atoms with Gasteiger partial charge >= 0.3 is 0 Å². The molecule has 2 rings (SSSR count). The van der Waals surface area contributed by atoms with Gasteiger partial charge in [-0.3, -0.25) is 9.97 Å². The molecule has 2 heterocycles. The van der Waals surface area contributed by atoms with E-state index in [4.69, 9.17) is 0 Å². The van der Waals surface area contributed by atoms with Gasteiger partial charge in [0.2, 0.25) is 0 Å². The van der Waals surface area contributed by atoms with E-state index in [-0.39, 0.29) is 6.04 Å². The lowest BCUT2D eigenvalue weighted by Gasteiger charge is -2.21. The molecule has 0 aliphatic rings. The van der Waals surface area contributed by atoms with E-state index in [1.807, 2.05) is 36.8 Å². The van der Waals surface area contributed by atoms with Crippen molar-refractivity contribution in [2.45, 2.75) is 26.3 Å². The third-order valence-electron chi connectivity index (χ3n) is 3.05. The molecule has 0 bridgehead atoms. The van der Waals surface area contributed by atoms with Crippen LogP contribution < -0.4 is 5.32 Å². The number of halogens is 1. The minimum atomic E-state index is 0.0734. The summed E-state index contributed by atoms with van der Waals surface area (Å²) in [6, 6.07) is 6.06. The molecule has 0 saturated heterocycles. The van der Waals surface area contributed by atoms with Gasteiger partial charge in [0, 0.05) is 23.1 Å². The molecule has 19 heavy (non-hydrogen) atoms. The van der Waals surface area contributed by atoms with Gasteiger partial charge in [-0.05, 0) is 65.1 Å². The van der Waals surface area contributed by atoms with E-state index >= 15 is 0 Å². The largest absolute Gasteiger partial charge is 0.305 e. The van der Waals surface area contributed by atoms with Crippen LogP contribution in [0.3, 0.4) is 0 Å². The molecule has 1 N–H and O–H groups in total. The first-order valence-corrected chi connectivity index (χ1v) is 7.27. The molecule has 1 unspecified atom stereocenters. The first kappa shape index (κ1) is 14.2. The molecule has 0 amide bonds. The summed E-state index contributed by atoms with van der Waals surface area (Å²) in [5, 5.41) is 3.55. The van der Waals surface area contributed by atoms with Crippen LogP contribution in [0.1, 0.15) is 36.2 Å². The summed E-state index contributed by atoms with van der Waals surface area (Å²) in [5.41, 5.74) is 3.41. The van der Waals surface area contributed by atoms with Crippen molar-refractivity contribution in [1.82, 2.24) is 15.3 Å². The Morgan fingerprint density at radius 2 is 2.16 bits per heavy atom. The van der Waals surface area contributed by atoms with Gasteiger partial charge in [0.15, 0.2) is 0 Å². The fourth-order valence-corrected chi connectivity index (χ4v) is 2.52. The number of rotatable bonds is 5. The Bertz CT molecular complexity index is 497. The summed E-state index contributed by atoms with van der Waals surface area (Å²) < 4.78 is 1.02. The molecular weight excluding hydrogens is 302 g/mol. The lowest BCUT2D eigenvalue weighted by molar-refractivity contribution is 0.580. The zero-order chi connectivity index (χ0) is 13.7. The molecule has 0 aliphatic carbocycles. The van der Waals surface area contributed by atoms with Crippen LogP contribution in [-0.4, -0.2) is 16.5 Å². The van der Waals surface area contributed by atoms with Crippen LogP contribution in [0, 0.1) is 6.92 Å². The normalized spacial score (nSPS) is 12.4. The van der Waals surface area contributed by atoms with Crippen molar-refractivity contribution >= 4 is 15.9 Å². The Kier molecular flexibility index (Phi) is 5.05. The predicted molar refractivity (Wildman–Crippen MR) is 81.0 cm³/mol. The molecular formula is C15H18BrN3. The van der Waals surface area contributed by atoms with Gasteiger partial charge in [-0.1, -0.05) is 6.92 Å². The van der Waals surface area contributed by atoms with E-state index in [0.717, 1.165) is 23.1 Å². The third-order valence-corrected chi connectivity index (χ3v) is 3.72. The topological polar surface area (TPSA) is 37.8 Å². The quantitative estimate of drug-likeness (QED) is 0.914. The minimum Gasteiger partial charge on any atom is -0.305 e. The summed E-state index contributed by atoms with van der Waals surface area (Å²) in [6.45, 7) is 5.21. The standard InChI is InChI=1S/C15H18BrN3/c1-3-7-18-14(12-10-17-9-6-11(12)2)15-13(16)5-4-8-19-15/h4-6,8-10,14,18H,3,7H2,1-2H3.